The minimum absolute atomic E-state index is 0.153. The fourth-order valence-electron chi connectivity index (χ4n) is 4.44. The molecule has 0 atom stereocenters. The lowest BCUT2D eigenvalue weighted by molar-refractivity contribution is 0.360. The molecule has 1 saturated carbocycles. The highest BCUT2D eigenvalue weighted by Crippen LogP contribution is 2.53. The molecule has 0 bridgehead atoms. The predicted molar refractivity (Wildman–Crippen MR) is 123 cm³/mol. The number of aryl methyl sites for hydroxylation is 3. The van der Waals surface area contributed by atoms with Gasteiger partial charge < -0.3 is 9.09 Å². The lowest BCUT2D eigenvalue weighted by Crippen LogP contribution is -2.08. The van der Waals surface area contributed by atoms with Crippen LogP contribution in [0.15, 0.2) is 53.2 Å². The molecule has 4 aromatic heterocycles. The highest BCUT2D eigenvalue weighted by Gasteiger charge is 2.50. The summed E-state index contributed by atoms with van der Waals surface area (Å²) in [5.74, 6) is 2.01. The standard InChI is InChI=1S/C25H23N7O/c1-4-16-13-17(14-26-20(16)23-27-19-12-15(2)29-30-22(19)32(23)3)21-28-24(33-31-21)25(10-11-25)18-8-6-5-7-9-18/h5-9,12-14H,4,10-11H2,1-3H3. The van der Waals surface area contributed by atoms with E-state index in [0.717, 1.165) is 58.8 Å². The van der Waals surface area contributed by atoms with Crippen LogP contribution >= 0.6 is 0 Å². The highest BCUT2D eigenvalue weighted by molar-refractivity contribution is 5.77. The van der Waals surface area contributed by atoms with Gasteiger partial charge in [-0.2, -0.15) is 10.1 Å². The molecule has 164 valence electrons. The zero-order chi connectivity index (χ0) is 22.6. The van der Waals surface area contributed by atoms with E-state index in [1.54, 1.807) is 6.20 Å². The first-order valence-electron chi connectivity index (χ1n) is 11.2. The van der Waals surface area contributed by atoms with Gasteiger partial charge in [0, 0.05) is 18.8 Å². The number of hydrogen-bond donors (Lipinski definition) is 0. The van der Waals surface area contributed by atoms with Gasteiger partial charge in [-0.1, -0.05) is 42.4 Å². The van der Waals surface area contributed by atoms with E-state index in [4.69, 9.17) is 19.5 Å². The fraction of sp³-hybridized carbons (Fsp3) is 0.280. The van der Waals surface area contributed by atoms with Crippen LogP contribution in [0.4, 0.5) is 0 Å². The maximum absolute atomic E-state index is 5.74. The third-order valence-electron chi connectivity index (χ3n) is 6.47. The van der Waals surface area contributed by atoms with Crippen LogP contribution in [0.1, 0.15) is 42.5 Å². The van der Waals surface area contributed by atoms with E-state index >= 15 is 0 Å². The van der Waals surface area contributed by atoms with Crippen LogP contribution < -0.4 is 0 Å². The summed E-state index contributed by atoms with van der Waals surface area (Å²) in [6.07, 6.45) is 4.63. The van der Waals surface area contributed by atoms with Crippen molar-refractivity contribution in [2.24, 2.45) is 7.05 Å². The summed E-state index contributed by atoms with van der Waals surface area (Å²) in [6.45, 7) is 4.02. The Bertz CT molecular complexity index is 1480. The number of nitrogens with zero attached hydrogens (tertiary/aromatic N) is 7. The van der Waals surface area contributed by atoms with Crippen LogP contribution in [0.5, 0.6) is 0 Å². The average molecular weight is 438 g/mol. The Hall–Kier alpha value is -3.94. The summed E-state index contributed by atoms with van der Waals surface area (Å²) in [4.78, 5) is 14.3. The normalized spacial score (nSPS) is 14.6. The Kier molecular flexibility index (Phi) is 4.36. The fourth-order valence-corrected chi connectivity index (χ4v) is 4.44. The maximum atomic E-state index is 5.74. The van der Waals surface area contributed by atoms with Gasteiger partial charge in [-0.3, -0.25) is 4.98 Å². The van der Waals surface area contributed by atoms with Crippen LogP contribution in [0.2, 0.25) is 0 Å². The van der Waals surface area contributed by atoms with E-state index in [9.17, 15) is 0 Å². The van der Waals surface area contributed by atoms with Gasteiger partial charge in [0.05, 0.1) is 11.1 Å². The molecule has 0 saturated heterocycles. The Morgan fingerprint density at radius 1 is 1.06 bits per heavy atom. The first-order valence-corrected chi connectivity index (χ1v) is 11.2. The van der Waals surface area contributed by atoms with Gasteiger partial charge in [-0.15, -0.1) is 5.10 Å². The van der Waals surface area contributed by atoms with E-state index in [1.807, 2.05) is 30.7 Å². The quantitative estimate of drug-likeness (QED) is 0.401. The Morgan fingerprint density at radius 3 is 2.64 bits per heavy atom. The van der Waals surface area contributed by atoms with Gasteiger partial charge in [-0.05, 0) is 49.4 Å². The molecule has 1 aliphatic carbocycles. The van der Waals surface area contributed by atoms with Gasteiger partial charge >= 0.3 is 0 Å². The second kappa shape index (κ2) is 7.30. The topological polar surface area (TPSA) is 95.4 Å². The molecule has 8 heteroatoms. The number of benzene rings is 1. The van der Waals surface area contributed by atoms with Gasteiger partial charge in [0.1, 0.15) is 11.2 Å². The second-order valence-electron chi connectivity index (χ2n) is 8.65. The summed E-state index contributed by atoms with van der Waals surface area (Å²) in [7, 11) is 1.94. The largest absolute Gasteiger partial charge is 0.338 e. The van der Waals surface area contributed by atoms with Crippen molar-refractivity contribution in [1.29, 1.82) is 0 Å². The molecule has 33 heavy (non-hydrogen) atoms. The van der Waals surface area contributed by atoms with Gasteiger partial charge in [0.2, 0.25) is 11.7 Å². The molecule has 6 rings (SSSR count). The van der Waals surface area contributed by atoms with Crippen molar-refractivity contribution in [3.05, 3.63) is 71.4 Å². The number of fused-ring (bicyclic) bond motifs is 1. The second-order valence-corrected chi connectivity index (χ2v) is 8.65. The Labute approximate surface area is 190 Å². The molecule has 0 radical (unpaired) electrons. The summed E-state index contributed by atoms with van der Waals surface area (Å²) in [6, 6.07) is 14.4. The molecule has 1 aromatic carbocycles. The molecule has 1 fully saturated rings. The van der Waals surface area contributed by atoms with E-state index in [2.05, 4.69) is 52.6 Å². The smallest absolute Gasteiger partial charge is 0.237 e. The van der Waals surface area contributed by atoms with Crippen LogP contribution in [0.3, 0.4) is 0 Å². The minimum atomic E-state index is -0.153. The number of aromatic nitrogens is 7. The van der Waals surface area contributed by atoms with Crippen molar-refractivity contribution >= 4 is 11.2 Å². The molecule has 0 aliphatic heterocycles. The molecular formula is C25H23N7O. The first kappa shape index (κ1) is 19.7. The van der Waals surface area contributed by atoms with Crippen LogP contribution in [-0.2, 0) is 18.9 Å². The predicted octanol–water partition coefficient (Wildman–Crippen LogP) is 4.43. The minimum Gasteiger partial charge on any atom is -0.338 e. The number of pyridine rings is 1. The van der Waals surface area contributed by atoms with Crippen LogP contribution in [0, 0.1) is 6.92 Å². The SMILES string of the molecule is CCc1cc(-c2noc(C3(c4ccccc4)CC3)n2)cnc1-c1nc2cc(C)nnc2n1C. The molecule has 0 spiro atoms. The molecule has 5 aromatic rings. The van der Waals surface area contributed by atoms with Crippen LogP contribution in [-0.4, -0.2) is 34.9 Å². The molecule has 0 amide bonds. The van der Waals surface area contributed by atoms with E-state index < -0.39 is 0 Å². The van der Waals surface area contributed by atoms with Gasteiger partial charge in [0.15, 0.2) is 11.5 Å². The molecule has 0 N–H and O–H groups in total. The first-order chi connectivity index (χ1) is 16.1. The van der Waals surface area contributed by atoms with Crippen molar-refractivity contribution in [2.75, 3.05) is 0 Å². The van der Waals surface area contributed by atoms with Crippen molar-refractivity contribution < 1.29 is 4.52 Å². The average Bonchev–Trinajstić information content (AvgIpc) is 3.39. The third-order valence-corrected chi connectivity index (χ3v) is 6.47. The Morgan fingerprint density at radius 2 is 1.88 bits per heavy atom. The molecule has 1 aliphatic rings. The number of imidazole rings is 1. The highest BCUT2D eigenvalue weighted by atomic mass is 16.5. The van der Waals surface area contributed by atoms with Gasteiger partial charge in [-0.25, -0.2) is 4.98 Å². The zero-order valence-corrected chi connectivity index (χ0v) is 18.8. The van der Waals surface area contributed by atoms with E-state index in [0.29, 0.717) is 11.7 Å². The summed E-state index contributed by atoms with van der Waals surface area (Å²) < 4.78 is 7.68. The molecule has 4 heterocycles. The Balaban J connectivity index is 1.38. The van der Waals surface area contributed by atoms with Crippen LogP contribution in [0.25, 0.3) is 34.1 Å². The third kappa shape index (κ3) is 3.13. The lowest BCUT2D eigenvalue weighted by atomic mass is 9.96. The number of rotatable bonds is 5. The monoisotopic (exact) mass is 437 g/mol. The van der Waals surface area contributed by atoms with Crippen molar-refractivity contribution in [3.63, 3.8) is 0 Å². The van der Waals surface area contributed by atoms with E-state index in [1.165, 1.54) is 5.56 Å². The summed E-state index contributed by atoms with van der Waals surface area (Å²) >= 11 is 0. The summed E-state index contributed by atoms with van der Waals surface area (Å²) in [5, 5.41) is 12.7. The molecular weight excluding hydrogens is 414 g/mol. The zero-order valence-electron chi connectivity index (χ0n) is 18.8. The molecule has 0 unspecified atom stereocenters. The van der Waals surface area contributed by atoms with Crippen molar-refractivity contribution in [3.8, 4) is 22.9 Å². The number of hydrogen-bond acceptors (Lipinski definition) is 7. The van der Waals surface area contributed by atoms with Crippen molar-refractivity contribution in [1.82, 2.24) is 34.9 Å². The maximum Gasteiger partial charge on any atom is 0.237 e. The molecule has 8 nitrogen and oxygen atoms in total. The lowest BCUT2D eigenvalue weighted by Gasteiger charge is -2.10. The van der Waals surface area contributed by atoms with Crippen molar-refractivity contribution in [2.45, 2.75) is 38.5 Å². The summed E-state index contributed by atoms with van der Waals surface area (Å²) in [5.41, 5.74) is 6.18. The van der Waals surface area contributed by atoms with E-state index in [-0.39, 0.29) is 5.41 Å². The van der Waals surface area contributed by atoms with Gasteiger partial charge in [0.25, 0.3) is 0 Å².